The van der Waals surface area contributed by atoms with Crippen molar-refractivity contribution >= 4 is 16.9 Å². The molecule has 0 saturated carbocycles. The Labute approximate surface area is 126 Å². The fraction of sp³-hybridized carbons (Fsp3) is 0.529. The van der Waals surface area contributed by atoms with Crippen LogP contribution < -0.4 is 0 Å². The van der Waals surface area contributed by atoms with E-state index in [1.807, 2.05) is 23.1 Å². The molecule has 21 heavy (non-hydrogen) atoms. The summed E-state index contributed by atoms with van der Waals surface area (Å²) in [5.41, 5.74) is 2.54. The standard InChI is InChI=1S/C17H25N3O/c1-5-14(6-2)20(10-12(3)4)17(21)13-7-8-15-16(9-13)19-11-18-15/h7-9,11-12,14H,5-6,10H2,1-4H3,(H,18,19). The average Bonchev–Trinajstić information content (AvgIpc) is 2.93. The number of amides is 1. The number of nitrogens with one attached hydrogen (secondary N) is 1. The highest BCUT2D eigenvalue weighted by Crippen LogP contribution is 2.18. The second-order valence-corrected chi connectivity index (χ2v) is 5.96. The number of H-pyrrole nitrogens is 1. The molecule has 114 valence electrons. The summed E-state index contributed by atoms with van der Waals surface area (Å²) in [5.74, 6) is 0.583. The lowest BCUT2D eigenvalue weighted by atomic mass is 10.0. The van der Waals surface area contributed by atoms with Crippen LogP contribution in [-0.2, 0) is 0 Å². The van der Waals surface area contributed by atoms with Crippen molar-refractivity contribution in [2.24, 2.45) is 5.92 Å². The molecule has 2 aromatic rings. The van der Waals surface area contributed by atoms with Crippen LogP contribution in [0.25, 0.3) is 11.0 Å². The van der Waals surface area contributed by atoms with Crippen LogP contribution in [0, 0.1) is 5.92 Å². The van der Waals surface area contributed by atoms with E-state index in [0.717, 1.165) is 36.0 Å². The lowest BCUT2D eigenvalue weighted by Gasteiger charge is -2.32. The van der Waals surface area contributed by atoms with Gasteiger partial charge in [-0.3, -0.25) is 4.79 Å². The predicted molar refractivity (Wildman–Crippen MR) is 86.3 cm³/mol. The van der Waals surface area contributed by atoms with Gasteiger partial charge in [0, 0.05) is 18.2 Å². The molecule has 1 aromatic heterocycles. The van der Waals surface area contributed by atoms with Gasteiger partial charge in [-0.15, -0.1) is 0 Å². The van der Waals surface area contributed by atoms with Crippen LogP contribution in [0.1, 0.15) is 50.9 Å². The highest BCUT2D eigenvalue weighted by molar-refractivity contribution is 5.97. The fourth-order valence-corrected chi connectivity index (χ4v) is 2.76. The minimum absolute atomic E-state index is 0.119. The molecule has 0 spiro atoms. The van der Waals surface area contributed by atoms with E-state index in [9.17, 15) is 4.79 Å². The molecule has 2 rings (SSSR count). The normalized spacial score (nSPS) is 11.5. The molecule has 1 amide bonds. The first kappa shape index (κ1) is 15.5. The largest absolute Gasteiger partial charge is 0.345 e. The van der Waals surface area contributed by atoms with Gasteiger partial charge in [0.1, 0.15) is 0 Å². The first-order valence-electron chi connectivity index (χ1n) is 7.80. The van der Waals surface area contributed by atoms with Crippen molar-refractivity contribution in [2.45, 2.75) is 46.6 Å². The predicted octanol–water partition coefficient (Wildman–Crippen LogP) is 3.85. The Morgan fingerprint density at radius 2 is 2.00 bits per heavy atom. The monoisotopic (exact) mass is 287 g/mol. The maximum atomic E-state index is 12.9. The van der Waals surface area contributed by atoms with E-state index < -0.39 is 0 Å². The summed E-state index contributed by atoms with van der Waals surface area (Å²) in [6, 6.07) is 5.98. The third-order valence-electron chi connectivity index (χ3n) is 3.87. The Balaban J connectivity index is 2.31. The average molecular weight is 287 g/mol. The molecule has 1 N–H and O–H groups in total. The number of carbonyl (C=O) groups excluding carboxylic acids is 1. The van der Waals surface area contributed by atoms with Crippen molar-refractivity contribution in [1.82, 2.24) is 14.9 Å². The molecule has 0 aliphatic carbocycles. The Bertz CT molecular complexity index is 599. The topological polar surface area (TPSA) is 49.0 Å². The summed E-state index contributed by atoms with van der Waals surface area (Å²) in [4.78, 5) is 22.2. The molecular formula is C17H25N3O. The van der Waals surface area contributed by atoms with Crippen molar-refractivity contribution in [3.05, 3.63) is 30.1 Å². The number of nitrogens with zero attached hydrogens (tertiary/aromatic N) is 2. The maximum absolute atomic E-state index is 12.9. The Hall–Kier alpha value is -1.84. The number of aromatic nitrogens is 2. The van der Waals surface area contributed by atoms with Gasteiger partial charge < -0.3 is 9.88 Å². The third kappa shape index (κ3) is 3.43. The molecule has 0 unspecified atom stereocenters. The molecule has 1 heterocycles. The first-order valence-corrected chi connectivity index (χ1v) is 7.80. The Morgan fingerprint density at radius 3 is 2.62 bits per heavy atom. The minimum atomic E-state index is 0.119. The number of hydrogen-bond acceptors (Lipinski definition) is 2. The van der Waals surface area contributed by atoms with E-state index in [1.165, 1.54) is 0 Å². The summed E-state index contributed by atoms with van der Waals surface area (Å²) >= 11 is 0. The van der Waals surface area contributed by atoms with E-state index >= 15 is 0 Å². The highest BCUT2D eigenvalue weighted by atomic mass is 16.2. The number of aromatic amines is 1. The van der Waals surface area contributed by atoms with Gasteiger partial charge in [0.25, 0.3) is 5.91 Å². The Kier molecular flexibility index (Phi) is 4.99. The molecule has 0 fully saturated rings. The lowest BCUT2D eigenvalue weighted by molar-refractivity contribution is 0.0640. The molecule has 0 saturated heterocycles. The molecule has 4 nitrogen and oxygen atoms in total. The quantitative estimate of drug-likeness (QED) is 0.877. The van der Waals surface area contributed by atoms with Crippen LogP contribution in [0.2, 0.25) is 0 Å². The van der Waals surface area contributed by atoms with Gasteiger partial charge in [-0.25, -0.2) is 4.98 Å². The van der Waals surface area contributed by atoms with E-state index in [0.29, 0.717) is 12.0 Å². The summed E-state index contributed by atoms with van der Waals surface area (Å²) < 4.78 is 0. The second-order valence-electron chi connectivity index (χ2n) is 5.96. The summed E-state index contributed by atoms with van der Waals surface area (Å²) in [7, 11) is 0. The molecule has 0 aliphatic rings. The van der Waals surface area contributed by atoms with E-state index in [1.54, 1.807) is 6.33 Å². The number of fused-ring (bicyclic) bond motifs is 1. The number of hydrogen-bond donors (Lipinski definition) is 1. The van der Waals surface area contributed by atoms with Crippen LogP contribution >= 0.6 is 0 Å². The van der Waals surface area contributed by atoms with Crippen LogP contribution in [0.5, 0.6) is 0 Å². The summed E-state index contributed by atoms with van der Waals surface area (Å²) in [5, 5.41) is 0. The van der Waals surface area contributed by atoms with Crippen molar-refractivity contribution in [3.8, 4) is 0 Å². The molecule has 0 radical (unpaired) electrons. The van der Waals surface area contributed by atoms with Crippen molar-refractivity contribution in [3.63, 3.8) is 0 Å². The zero-order valence-corrected chi connectivity index (χ0v) is 13.4. The van der Waals surface area contributed by atoms with Crippen LogP contribution in [0.15, 0.2) is 24.5 Å². The number of carbonyl (C=O) groups is 1. The molecular weight excluding hydrogens is 262 g/mol. The van der Waals surface area contributed by atoms with Crippen molar-refractivity contribution < 1.29 is 4.79 Å². The van der Waals surface area contributed by atoms with Gasteiger partial charge in [-0.2, -0.15) is 0 Å². The molecule has 4 heteroatoms. The van der Waals surface area contributed by atoms with Gasteiger partial charge in [0.2, 0.25) is 0 Å². The van der Waals surface area contributed by atoms with Gasteiger partial charge in [-0.1, -0.05) is 27.7 Å². The summed E-state index contributed by atoms with van der Waals surface area (Å²) in [6.07, 6.45) is 3.63. The van der Waals surface area contributed by atoms with Gasteiger partial charge in [0.15, 0.2) is 0 Å². The van der Waals surface area contributed by atoms with Crippen LogP contribution in [0.4, 0.5) is 0 Å². The Morgan fingerprint density at radius 1 is 1.29 bits per heavy atom. The van der Waals surface area contributed by atoms with Crippen LogP contribution in [0.3, 0.4) is 0 Å². The van der Waals surface area contributed by atoms with Gasteiger partial charge in [-0.05, 0) is 37.0 Å². The number of imidazole rings is 1. The number of benzene rings is 1. The highest BCUT2D eigenvalue weighted by Gasteiger charge is 2.23. The smallest absolute Gasteiger partial charge is 0.254 e. The van der Waals surface area contributed by atoms with E-state index in [2.05, 4.69) is 37.7 Å². The van der Waals surface area contributed by atoms with E-state index in [4.69, 9.17) is 0 Å². The van der Waals surface area contributed by atoms with Crippen molar-refractivity contribution in [2.75, 3.05) is 6.54 Å². The molecule has 0 atom stereocenters. The zero-order chi connectivity index (χ0) is 15.4. The fourth-order valence-electron chi connectivity index (χ4n) is 2.76. The van der Waals surface area contributed by atoms with E-state index in [-0.39, 0.29) is 5.91 Å². The third-order valence-corrected chi connectivity index (χ3v) is 3.87. The minimum Gasteiger partial charge on any atom is -0.345 e. The second kappa shape index (κ2) is 6.74. The lowest BCUT2D eigenvalue weighted by Crippen LogP contribution is -2.42. The van der Waals surface area contributed by atoms with Crippen molar-refractivity contribution in [1.29, 1.82) is 0 Å². The molecule has 0 bridgehead atoms. The molecule has 0 aliphatic heterocycles. The first-order chi connectivity index (χ1) is 10.1. The summed E-state index contributed by atoms with van der Waals surface area (Å²) in [6.45, 7) is 9.40. The van der Waals surface area contributed by atoms with Gasteiger partial charge >= 0.3 is 0 Å². The van der Waals surface area contributed by atoms with Gasteiger partial charge in [0.05, 0.1) is 17.4 Å². The van der Waals surface area contributed by atoms with Crippen LogP contribution in [-0.4, -0.2) is 33.4 Å². The SMILES string of the molecule is CCC(CC)N(CC(C)C)C(=O)c1ccc2nc[nH]c2c1. The molecule has 1 aromatic carbocycles. The maximum Gasteiger partial charge on any atom is 0.254 e. The number of rotatable bonds is 6. The zero-order valence-electron chi connectivity index (χ0n) is 13.4.